The summed E-state index contributed by atoms with van der Waals surface area (Å²) in [6.07, 6.45) is 4.57. The number of thiazole rings is 1. The Kier molecular flexibility index (Phi) is 3.25. The number of carbonyl (C=O) groups is 1. The monoisotopic (exact) mass is 241 g/mol. The molecule has 0 aromatic carbocycles. The molecular weight excluding hydrogens is 226 g/mol. The maximum Gasteiger partial charge on any atom is 0.303 e. The fourth-order valence-electron chi connectivity index (χ4n) is 1.85. The SMILES string of the molecule is CC1(c2ncc(CCC(=O)O)s2)CCCO1. The van der Waals surface area contributed by atoms with E-state index in [9.17, 15) is 4.79 Å². The molecule has 1 N–H and O–H groups in total. The number of carboxylic acid groups (broad SMARTS) is 1. The average Bonchev–Trinajstić information content (AvgIpc) is 2.84. The average molecular weight is 241 g/mol. The fraction of sp³-hybridized carbons (Fsp3) is 0.636. The third-order valence-electron chi connectivity index (χ3n) is 2.81. The molecule has 88 valence electrons. The van der Waals surface area contributed by atoms with Crippen LogP contribution in [0.25, 0.3) is 0 Å². The van der Waals surface area contributed by atoms with E-state index in [4.69, 9.17) is 9.84 Å². The summed E-state index contributed by atoms with van der Waals surface area (Å²) in [6.45, 7) is 2.85. The molecule has 0 amide bonds. The number of aryl methyl sites for hydroxylation is 1. The van der Waals surface area contributed by atoms with Crippen molar-refractivity contribution in [2.75, 3.05) is 6.61 Å². The van der Waals surface area contributed by atoms with Crippen molar-refractivity contribution in [2.24, 2.45) is 0 Å². The number of nitrogens with zero attached hydrogens (tertiary/aromatic N) is 1. The first kappa shape index (κ1) is 11.5. The lowest BCUT2D eigenvalue weighted by atomic mass is 10.0. The molecule has 1 aliphatic heterocycles. The van der Waals surface area contributed by atoms with Gasteiger partial charge >= 0.3 is 5.97 Å². The molecule has 1 atom stereocenters. The van der Waals surface area contributed by atoms with Gasteiger partial charge < -0.3 is 9.84 Å². The van der Waals surface area contributed by atoms with Crippen molar-refractivity contribution in [2.45, 2.75) is 38.2 Å². The third kappa shape index (κ3) is 2.41. The van der Waals surface area contributed by atoms with Crippen LogP contribution in [0.4, 0.5) is 0 Å². The van der Waals surface area contributed by atoms with Crippen molar-refractivity contribution in [1.82, 2.24) is 4.98 Å². The van der Waals surface area contributed by atoms with E-state index in [-0.39, 0.29) is 12.0 Å². The molecule has 0 radical (unpaired) electrons. The number of carboxylic acids is 1. The molecule has 0 spiro atoms. The number of hydrogen-bond acceptors (Lipinski definition) is 4. The van der Waals surface area contributed by atoms with Crippen molar-refractivity contribution < 1.29 is 14.6 Å². The highest BCUT2D eigenvalue weighted by molar-refractivity contribution is 7.11. The van der Waals surface area contributed by atoms with Crippen LogP contribution in [0.2, 0.25) is 0 Å². The predicted octanol–water partition coefficient (Wildman–Crippen LogP) is 2.19. The summed E-state index contributed by atoms with van der Waals surface area (Å²) in [6, 6.07) is 0. The molecule has 1 unspecified atom stereocenters. The Labute approximate surface area is 98.3 Å². The zero-order valence-corrected chi connectivity index (χ0v) is 10.0. The van der Waals surface area contributed by atoms with Crippen molar-refractivity contribution in [3.63, 3.8) is 0 Å². The van der Waals surface area contributed by atoms with Gasteiger partial charge in [0.05, 0.1) is 6.42 Å². The van der Waals surface area contributed by atoms with Gasteiger partial charge in [-0.25, -0.2) is 4.98 Å². The number of ether oxygens (including phenoxy) is 1. The summed E-state index contributed by atoms with van der Waals surface area (Å²) < 4.78 is 5.70. The highest BCUT2D eigenvalue weighted by atomic mass is 32.1. The molecule has 1 aromatic rings. The smallest absolute Gasteiger partial charge is 0.303 e. The van der Waals surface area contributed by atoms with Gasteiger partial charge in [0.15, 0.2) is 0 Å². The Hall–Kier alpha value is -0.940. The van der Waals surface area contributed by atoms with E-state index in [0.717, 1.165) is 29.3 Å². The van der Waals surface area contributed by atoms with E-state index in [1.165, 1.54) is 0 Å². The lowest BCUT2D eigenvalue weighted by Gasteiger charge is -2.19. The largest absolute Gasteiger partial charge is 0.481 e. The van der Waals surface area contributed by atoms with Gasteiger partial charge in [0.25, 0.3) is 0 Å². The van der Waals surface area contributed by atoms with Gasteiger partial charge in [-0.3, -0.25) is 4.79 Å². The first-order chi connectivity index (χ1) is 7.60. The van der Waals surface area contributed by atoms with Gasteiger partial charge in [-0.1, -0.05) is 0 Å². The summed E-state index contributed by atoms with van der Waals surface area (Å²) >= 11 is 1.57. The maximum atomic E-state index is 10.5. The first-order valence-corrected chi connectivity index (χ1v) is 6.23. The summed E-state index contributed by atoms with van der Waals surface area (Å²) in [5.41, 5.74) is -0.244. The van der Waals surface area contributed by atoms with Crippen molar-refractivity contribution in [3.8, 4) is 0 Å². The zero-order chi connectivity index (χ0) is 11.6. The Bertz CT molecular complexity index is 382. The van der Waals surface area contributed by atoms with Gasteiger partial charge in [0, 0.05) is 17.7 Å². The standard InChI is InChI=1S/C11H15NO3S/c1-11(5-2-6-15-11)10-12-7-8(16-10)3-4-9(13)14/h7H,2-6H2,1H3,(H,13,14). The second-order valence-corrected chi connectivity index (χ2v) is 5.32. The van der Waals surface area contributed by atoms with Crippen molar-refractivity contribution >= 4 is 17.3 Å². The minimum absolute atomic E-state index is 0.166. The Balaban J connectivity index is 2.04. The number of hydrogen-bond donors (Lipinski definition) is 1. The van der Waals surface area contributed by atoms with Crippen LogP contribution < -0.4 is 0 Å². The molecular formula is C11H15NO3S. The number of aromatic nitrogens is 1. The van der Waals surface area contributed by atoms with Crippen LogP contribution in [0.3, 0.4) is 0 Å². The van der Waals surface area contributed by atoms with Crippen LogP contribution in [0, 0.1) is 0 Å². The minimum Gasteiger partial charge on any atom is -0.481 e. The van der Waals surface area contributed by atoms with Crippen LogP contribution in [0.5, 0.6) is 0 Å². The lowest BCUT2D eigenvalue weighted by molar-refractivity contribution is -0.136. The van der Waals surface area contributed by atoms with Crippen LogP contribution in [-0.2, 0) is 21.6 Å². The summed E-state index contributed by atoms with van der Waals surface area (Å²) in [4.78, 5) is 15.8. The van der Waals surface area contributed by atoms with Gasteiger partial charge in [0.2, 0.25) is 0 Å². The Morgan fingerprint density at radius 1 is 1.75 bits per heavy atom. The molecule has 0 saturated carbocycles. The highest BCUT2D eigenvalue weighted by Gasteiger charge is 2.34. The third-order valence-corrected chi connectivity index (χ3v) is 4.11. The van der Waals surface area contributed by atoms with E-state index in [0.29, 0.717) is 6.42 Å². The summed E-state index contributed by atoms with van der Waals surface area (Å²) in [5.74, 6) is -0.765. The van der Waals surface area contributed by atoms with Crippen LogP contribution in [0.1, 0.15) is 36.1 Å². The van der Waals surface area contributed by atoms with E-state index in [1.807, 2.05) is 0 Å². The molecule has 0 aliphatic carbocycles. The van der Waals surface area contributed by atoms with Crippen LogP contribution >= 0.6 is 11.3 Å². The Morgan fingerprint density at radius 2 is 2.56 bits per heavy atom. The molecule has 2 heterocycles. The number of aliphatic carboxylic acids is 1. The van der Waals surface area contributed by atoms with E-state index >= 15 is 0 Å². The van der Waals surface area contributed by atoms with E-state index in [2.05, 4.69) is 11.9 Å². The second-order valence-electron chi connectivity index (χ2n) is 4.21. The molecule has 2 rings (SSSR count). The maximum absolute atomic E-state index is 10.5. The summed E-state index contributed by atoms with van der Waals surface area (Å²) in [7, 11) is 0. The normalized spacial score (nSPS) is 24.8. The molecule has 1 aromatic heterocycles. The van der Waals surface area contributed by atoms with Gasteiger partial charge in [-0.05, 0) is 26.2 Å². The van der Waals surface area contributed by atoms with Crippen molar-refractivity contribution in [3.05, 3.63) is 16.1 Å². The van der Waals surface area contributed by atoms with Gasteiger partial charge in [-0.2, -0.15) is 0 Å². The molecule has 0 bridgehead atoms. The molecule has 16 heavy (non-hydrogen) atoms. The molecule has 1 fully saturated rings. The van der Waals surface area contributed by atoms with Crippen molar-refractivity contribution in [1.29, 1.82) is 0 Å². The highest BCUT2D eigenvalue weighted by Crippen LogP contribution is 2.37. The second kappa shape index (κ2) is 4.51. The van der Waals surface area contributed by atoms with Crippen LogP contribution in [0.15, 0.2) is 6.20 Å². The van der Waals surface area contributed by atoms with Gasteiger partial charge in [0.1, 0.15) is 10.6 Å². The minimum atomic E-state index is -0.765. The molecule has 1 saturated heterocycles. The Morgan fingerprint density at radius 3 is 3.19 bits per heavy atom. The first-order valence-electron chi connectivity index (χ1n) is 5.41. The molecule has 1 aliphatic rings. The van der Waals surface area contributed by atoms with E-state index in [1.54, 1.807) is 17.5 Å². The van der Waals surface area contributed by atoms with E-state index < -0.39 is 5.97 Å². The summed E-state index contributed by atoms with van der Waals surface area (Å²) in [5, 5.41) is 9.58. The topological polar surface area (TPSA) is 59.4 Å². The molecule has 4 nitrogen and oxygen atoms in total. The van der Waals surface area contributed by atoms with Gasteiger partial charge in [-0.15, -0.1) is 11.3 Å². The lowest BCUT2D eigenvalue weighted by Crippen LogP contribution is -2.19. The molecule has 5 heteroatoms. The fourth-order valence-corrected chi connectivity index (χ4v) is 2.89. The quantitative estimate of drug-likeness (QED) is 0.877. The van der Waals surface area contributed by atoms with Crippen LogP contribution in [-0.4, -0.2) is 22.7 Å². The number of rotatable bonds is 4. The zero-order valence-electron chi connectivity index (χ0n) is 9.23. The predicted molar refractivity (Wildman–Crippen MR) is 60.6 cm³/mol.